The molecule has 3 aromatic heterocycles. The average molecular weight is 401 g/mol. The van der Waals surface area contributed by atoms with E-state index in [9.17, 15) is 4.39 Å². The quantitative estimate of drug-likeness (QED) is 0.564. The molecular weight excluding hydrogens is 381 g/mol. The van der Waals surface area contributed by atoms with Crippen LogP contribution >= 0.6 is 0 Å². The molecule has 0 unspecified atom stereocenters. The number of pyridine rings is 1. The maximum Gasteiger partial charge on any atom is 0.163 e. The first-order valence-electron chi connectivity index (χ1n) is 9.63. The van der Waals surface area contributed by atoms with Gasteiger partial charge in [-0.1, -0.05) is 12.1 Å². The summed E-state index contributed by atoms with van der Waals surface area (Å²) < 4.78 is 16.5. The third-order valence-electron chi connectivity index (χ3n) is 5.48. The molecule has 0 aliphatic carbocycles. The van der Waals surface area contributed by atoms with Crippen molar-refractivity contribution in [2.24, 2.45) is 0 Å². The third kappa shape index (κ3) is 2.88. The number of aromatic nitrogens is 5. The molecule has 2 N–H and O–H groups in total. The molecule has 0 atom stereocenters. The number of hydrogen-bond acceptors (Lipinski definition) is 6. The molecule has 30 heavy (non-hydrogen) atoms. The highest BCUT2D eigenvalue weighted by atomic mass is 19.1. The number of hydrogen-bond donors (Lipinski definition) is 1. The summed E-state index contributed by atoms with van der Waals surface area (Å²) in [6.07, 6.45) is 5.22. The van der Waals surface area contributed by atoms with E-state index in [-0.39, 0.29) is 5.82 Å². The maximum absolute atomic E-state index is 14.7. The van der Waals surface area contributed by atoms with E-state index in [2.05, 4.69) is 20.1 Å². The first-order chi connectivity index (χ1) is 14.5. The fourth-order valence-electron chi connectivity index (χ4n) is 3.95. The van der Waals surface area contributed by atoms with E-state index < -0.39 is 0 Å². The van der Waals surface area contributed by atoms with Crippen molar-refractivity contribution in [2.45, 2.75) is 26.9 Å². The summed E-state index contributed by atoms with van der Waals surface area (Å²) in [6, 6.07) is 8.76. The predicted octanol–water partition coefficient (Wildman–Crippen LogP) is 3.62. The Morgan fingerprint density at radius 3 is 2.77 bits per heavy atom. The first-order valence-corrected chi connectivity index (χ1v) is 9.63. The van der Waals surface area contributed by atoms with Crippen LogP contribution in [0.1, 0.15) is 22.5 Å². The van der Waals surface area contributed by atoms with E-state index >= 15 is 0 Å². The van der Waals surface area contributed by atoms with Crippen molar-refractivity contribution < 1.29 is 4.39 Å². The van der Waals surface area contributed by atoms with Gasteiger partial charge >= 0.3 is 0 Å². The number of fused-ring (bicyclic) bond motifs is 2. The second kappa shape index (κ2) is 6.91. The molecule has 0 radical (unpaired) electrons. The lowest BCUT2D eigenvalue weighted by molar-refractivity contribution is 0.611. The van der Waals surface area contributed by atoms with Gasteiger partial charge in [0, 0.05) is 17.5 Å². The van der Waals surface area contributed by atoms with Crippen LogP contribution in [0.3, 0.4) is 0 Å². The number of nitrogens with zero attached hydrogens (tertiary/aromatic N) is 6. The van der Waals surface area contributed by atoms with Crippen molar-refractivity contribution in [2.75, 3.05) is 10.6 Å². The van der Waals surface area contributed by atoms with E-state index in [0.717, 1.165) is 33.6 Å². The second-order valence-corrected chi connectivity index (χ2v) is 7.37. The third-order valence-corrected chi connectivity index (χ3v) is 5.48. The molecule has 0 saturated heterocycles. The fraction of sp³-hybridized carbons (Fsp3) is 0.182. The number of rotatable bonds is 3. The Bertz CT molecular complexity index is 1310. The van der Waals surface area contributed by atoms with Gasteiger partial charge in [-0.15, -0.1) is 0 Å². The molecule has 0 spiro atoms. The van der Waals surface area contributed by atoms with Crippen molar-refractivity contribution in [3.63, 3.8) is 0 Å². The number of para-hydroxylation sites is 1. The Labute approximate surface area is 172 Å². The number of nitrogen functional groups attached to an aromatic ring is 1. The van der Waals surface area contributed by atoms with Crippen LogP contribution in [0.4, 0.5) is 15.9 Å². The number of allylic oxidation sites excluding steroid dienone is 1. The minimum Gasteiger partial charge on any atom is -0.383 e. The molecule has 8 heteroatoms. The molecule has 0 amide bonds. The molecule has 4 heterocycles. The summed E-state index contributed by atoms with van der Waals surface area (Å²) >= 11 is 0. The first kappa shape index (κ1) is 18.2. The van der Waals surface area contributed by atoms with Gasteiger partial charge < -0.3 is 10.6 Å². The van der Waals surface area contributed by atoms with Gasteiger partial charge in [0.25, 0.3) is 0 Å². The van der Waals surface area contributed by atoms with Crippen molar-refractivity contribution in [1.82, 2.24) is 24.7 Å². The minimum atomic E-state index is -0.276. The number of halogens is 1. The standard InChI is InChI=1S/C22H20FN7/c1-13-7-8-25-18-9-15(29(11-16(13)18)19-6-4-3-5-17(19)23)10-30-22-20(14(2)28-30)21(24)26-12-27-22/h3-9,12H,10-11H2,1-2H3,(H2,24,26,27). The van der Waals surface area contributed by atoms with Crippen LogP contribution in [0.25, 0.3) is 17.1 Å². The van der Waals surface area contributed by atoms with Gasteiger partial charge in [0.15, 0.2) is 5.65 Å². The summed E-state index contributed by atoms with van der Waals surface area (Å²) in [5.74, 6) is 0.122. The van der Waals surface area contributed by atoms with Gasteiger partial charge in [-0.2, -0.15) is 5.10 Å². The van der Waals surface area contributed by atoms with E-state index in [1.54, 1.807) is 23.0 Å². The summed E-state index contributed by atoms with van der Waals surface area (Å²) in [6.45, 7) is 4.84. The van der Waals surface area contributed by atoms with Crippen LogP contribution in [-0.4, -0.2) is 24.7 Å². The van der Waals surface area contributed by atoms with Gasteiger partial charge in [-0.3, -0.25) is 4.98 Å². The number of anilines is 2. The van der Waals surface area contributed by atoms with E-state index in [1.807, 2.05) is 37.0 Å². The van der Waals surface area contributed by atoms with Gasteiger partial charge in [0.2, 0.25) is 0 Å². The SMILES string of the molecule is Cc1ccnc2c1CN(c1ccccc1F)C(Cn1nc(C)c3c(N)ncnc31)=C2. The van der Waals surface area contributed by atoms with Crippen molar-refractivity contribution in [3.8, 4) is 0 Å². The topological polar surface area (TPSA) is 85.8 Å². The highest BCUT2D eigenvalue weighted by Crippen LogP contribution is 2.33. The van der Waals surface area contributed by atoms with Crippen molar-refractivity contribution >= 4 is 28.6 Å². The second-order valence-electron chi connectivity index (χ2n) is 7.37. The summed E-state index contributed by atoms with van der Waals surface area (Å²) in [7, 11) is 0. The fourth-order valence-corrected chi connectivity index (χ4v) is 3.95. The summed E-state index contributed by atoms with van der Waals surface area (Å²) in [5.41, 5.74) is 11.9. The van der Waals surface area contributed by atoms with Crippen LogP contribution in [0.2, 0.25) is 0 Å². The van der Waals surface area contributed by atoms with Crippen molar-refractivity contribution in [3.05, 3.63) is 76.9 Å². The number of aryl methyl sites for hydroxylation is 2. The zero-order valence-corrected chi connectivity index (χ0v) is 16.7. The zero-order valence-electron chi connectivity index (χ0n) is 16.7. The Hall–Kier alpha value is -3.81. The molecule has 150 valence electrons. The monoisotopic (exact) mass is 401 g/mol. The highest BCUT2D eigenvalue weighted by molar-refractivity contribution is 5.88. The summed E-state index contributed by atoms with van der Waals surface area (Å²) in [4.78, 5) is 15.0. The van der Waals surface area contributed by atoms with Crippen LogP contribution in [0.15, 0.2) is 48.6 Å². The Morgan fingerprint density at radius 2 is 1.93 bits per heavy atom. The molecule has 1 aliphatic rings. The smallest absolute Gasteiger partial charge is 0.163 e. The van der Waals surface area contributed by atoms with Gasteiger partial charge in [0.1, 0.15) is 18.0 Å². The van der Waals surface area contributed by atoms with Crippen LogP contribution in [0.5, 0.6) is 0 Å². The molecule has 1 aromatic carbocycles. The highest BCUT2D eigenvalue weighted by Gasteiger charge is 2.25. The van der Waals surface area contributed by atoms with Crippen LogP contribution < -0.4 is 10.6 Å². The van der Waals surface area contributed by atoms with Gasteiger partial charge in [0.05, 0.1) is 35.6 Å². The molecule has 7 nitrogen and oxygen atoms in total. The molecule has 0 saturated carbocycles. The van der Waals surface area contributed by atoms with E-state index in [0.29, 0.717) is 30.2 Å². The van der Waals surface area contributed by atoms with Crippen molar-refractivity contribution in [1.29, 1.82) is 0 Å². The van der Waals surface area contributed by atoms with Crippen LogP contribution in [-0.2, 0) is 13.1 Å². The predicted molar refractivity (Wildman–Crippen MR) is 114 cm³/mol. The Balaban J connectivity index is 1.66. The lowest BCUT2D eigenvalue weighted by atomic mass is 10.0. The Morgan fingerprint density at radius 1 is 1.10 bits per heavy atom. The lowest BCUT2D eigenvalue weighted by Crippen LogP contribution is -2.30. The number of nitrogens with two attached hydrogens (primary N) is 1. The van der Waals surface area contributed by atoms with E-state index in [1.165, 1.54) is 12.4 Å². The van der Waals surface area contributed by atoms with Crippen LogP contribution in [0, 0.1) is 19.7 Å². The maximum atomic E-state index is 14.7. The molecular formula is C22H20FN7. The normalized spacial score (nSPS) is 13.4. The van der Waals surface area contributed by atoms with E-state index in [4.69, 9.17) is 5.73 Å². The Kier molecular flexibility index (Phi) is 4.20. The molecule has 0 fully saturated rings. The number of benzene rings is 1. The minimum absolute atomic E-state index is 0.276. The zero-order chi connectivity index (χ0) is 20.8. The molecule has 4 aromatic rings. The largest absolute Gasteiger partial charge is 0.383 e. The molecule has 5 rings (SSSR count). The molecule has 0 bridgehead atoms. The average Bonchev–Trinajstić information content (AvgIpc) is 3.05. The van der Waals surface area contributed by atoms with Gasteiger partial charge in [-0.25, -0.2) is 19.0 Å². The summed E-state index contributed by atoms with van der Waals surface area (Å²) in [5, 5.41) is 5.36. The molecule has 1 aliphatic heterocycles. The lowest BCUT2D eigenvalue weighted by Gasteiger charge is -2.32. The van der Waals surface area contributed by atoms with Gasteiger partial charge in [-0.05, 0) is 43.7 Å².